The molecule has 3 heterocycles. The lowest BCUT2D eigenvalue weighted by atomic mass is 10.0. The van der Waals surface area contributed by atoms with Crippen molar-refractivity contribution < 1.29 is 22.0 Å². The normalized spacial score (nSPS) is 12.4. The average Bonchev–Trinajstić information content (AvgIpc) is 2.95. The van der Waals surface area contributed by atoms with E-state index in [2.05, 4.69) is 9.97 Å². The molecule has 0 aliphatic carbocycles. The maximum atomic E-state index is 13.6. The molecule has 0 radical (unpaired) electrons. The maximum Gasteiger partial charge on any atom is 0.417 e. The second kappa shape index (κ2) is 5.76. The number of benzene rings is 1. The first-order chi connectivity index (χ1) is 12.4. The van der Waals surface area contributed by atoms with Crippen LogP contribution in [0.4, 0.5) is 22.0 Å². The smallest absolute Gasteiger partial charge is 0.284 e. The van der Waals surface area contributed by atoms with E-state index in [1.165, 1.54) is 30.7 Å². The summed E-state index contributed by atoms with van der Waals surface area (Å²) in [6, 6.07) is 7.06. The summed E-state index contributed by atoms with van der Waals surface area (Å²) in [6.07, 6.45) is 0.369. The summed E-state index contributed by atoms with van der Waals surface area (Å²) in [5.41, 5.74) is 0.204. The standard InChI is InChI=1S/C18H10F5N3/c19-17(20)26-15-3-4-24-9-14(15)13-2-1-10(6-16(13)26)11-5-12(8-25-7-11)18(21,22)23/h1-9,17H. The van der Waals surface area contributed by atoms with Gasteiger partial charge in [0.05, 0.1) is 16.6 Å². The van der Waals surface area contributed by atoms with Crippen LogP contribution in [0.15, 0.2) is 55.1 Å². The molecule has 0 bridgehead atoms. The van der Waals surface area contributed by atoms with Crippen molar-refractivity contribution in [1.82, 2.24) is 14.5 Å². The third-order valence-electron chi connectivity index (χ3n) is 4.20. The maximum absolute atomic E-state index is 13.6. The van der Waals surface area contributed by atoms with Crippen molar-refractivity contribution in [2.45, 2.75) is 12.7 Å². The number of pyridine rings is 2. The number of halogens is 5. The summed E-state index contributed by atoms with van der Waals surface area (Å²) in [5, 5.41) is 1.11. The predicted molar refractivity (Wildman–Crippen MR) is 86.7 cm³/mol. The average molecular weight is 363 g/mol. The van der Waals surface area contributed by atoms with Crippen molar-refractivity contribution in [2.75, 3.05) is 0 Å². The van der Waals surface area contributed by atoms with Crippen LogP contribution in [-0.2, 0) is 6.18 Å². The summed E-state index contributed by atoms with van der Waals surface area (Å²) in [7, 11) is 0. The van der Waals surface area contributed by atoms with E-state index in [9.17, 15) is 22.0 Å². The molecule has 0 aliphatic rings. The Morgan fingerprint density at radius 1 is 0.808 bits per heavy atom. The molecular formula is C18H10F5N3. The van der Waals surface area contributed by atoms with Crippen LogP contribution in [0.25, 0.3) is 32.9 Å². The lowest BCUT2D eigenvalue weighted by molar-refractivity contribution is -0.137. The van der Waals surface area contributed by atoms with Gasteiger partial charge in [-0.3, -0.25) is 14.5 Å². The van der Waals surface area contributed by atoms with Gasteiger partial charge in [-0.1, -0.05) is 12.1 Å². The highest BCUT2D eigenvalue weighted by atomic mass is 19.4. The summed E-state index contributed by atoms with van der Waals surface area (Å²) in [5.74, 6) is 0. The van der Waals surface area contributed by atoms with Crippen molar-refractivity contribution in [3.63, 3.8) is 0 Å². The summed E-state index contributed by atoms with van der Waals surface area (Å²) in [6.45, 7) is -2.80. The van der Waals surface area contributed by atoms with Crippen molar-refractivity contribution in [2.24, 2.45) is 0 Å². The second-order valence-corrected chi connectivity index (χ2v) is 5.73. The van der Waals surface area contributed by atoms with Gasteiger partial charge in [0.25, 0.3) is 0 Å². The van der Waals surface area contributed by atoms with E-state index >= 15 is 0 Å². The Morgan fingerprint density at radius 2 is 1.62 bits per heavy atom. The first kappa shape index (κ1) is 16.4. The number of hydrogen-bond acceptors (Lipinski definition) is 2. The number of rotatable bonds is 2. The molecule has 0 fully saturated rings. The van der Waals surface area contributed by atoms with Crippen LogP contribution in [0, 0.1) is 0 Å². The van der Waals surface area contributed by atoms with E-state index in [0.29, 0.717) is 21.9 Å². The fourth-order valence-corrected chi connectivity index (χ4v) is 3.04. The Bertz CT molecular complexity index is 1110. The molecule has 3 nitrogen and oxygen atoms in total. The van der Waals surface area contributed by atoms with Crippen molar-refractivity contribution in [3.05, 3.63) is 60.7 Å². The Balaban J connectivity index is 1.97. The lowest BCUT2D eigenvalue weighted by Gasteiger charge is -2.09. The molecule has 4 aromatic rings. The third-order valence-corrected chi connectivity index (χ3v) is 4.20. The molecule has 0 unspecified atom stereocenters. The van der Waals surface area contributed by atoms with Crippen molar-refractivity contribution in [3.8, 4) is 11.1 Å². The van der Waals surface area contributed by atoms with Crippen LogP contribution in [0.1, 0.15) is 12.1 Å². The molecule has 1 aromatic carbocycles. The van der Waals surface area contributed by atoms with Crippen molar-refractivity contribution >= 4 is 21.8 Å². The highest BCUT2D eigenvalue weighted by Gasteiger charge is 2.31. The monoisotopic (exact) mass is 363 g/mol. The number of aromatic nitrogens is 3. The minimum atomic E-state index is -4.53. The Morgan fingerprint density at radius 3 is 2.35 bits per heavy atom. The molecule has 3 aromatic heterocycles. The van der Waals surface area contributed by atoms with Crippen LogP contribution < -0.4 is 0 Å². The zero-order chi connectivity index (χ0) is 18.5. The molecule has 0 saturated heterocycles. The van der Waals surface area contributed by atoms with Gasteiger partial charge in [-0.15, -0.1) is 0 Å². The molecule has 0 saturated carbocycles. The van der Waals surface area contributed by atoms with E-state index in [1.807, 2.05) is 0 Å². The molecule has 0 aliphatic heterocycles. The van der Waals surface area contributed by atoms with Gasteiger partial charge >= 0.3 is 12.7 Å². The zero-order valence-corrected chi connectivity index (χ0v) is 13.0. The van der Waals surface area contributed by atoms with Gasteiger partial charge in [0.1, 0.15) is 0 Å². The third kappa shape index (κ3) is 2.58. The fraction of sp³-hybridized carbons (Fsp3) is 0.111. The first-order valence-corrected chi connectivity index (χ1v) is 7.55. The minimum absolute atomic E-state index is 0.200. The Hall–Kier alpha value is -3.03. The van der Waals surface area contributed by atoms with E-state index in [4.69, 9.17) is 0 Å². The van der Waals surface area contributed by atoms with Gasteiger partial charge in [0.15, 0.2) is 0 Å². The molecule has 0 spiro atoms. The van der Waals surface area contributed by atoms with E-state index in [-0.39, 0.29) is 11.1 Å². The molecule has 0 atom stereocenters. The molecule has 0 amide bonds. The first-order valence-electron chi connectivity index (χ1n) is 7.55. The summed E-state index contributed by atoms with van der Waals surface area (Å²) in [4.78, 5) is 7.58. The van der Waals surface area contributed by atoms with Crippen LogP contribution in [0.5, 0.6) is 0 Å². The van der Waals surface area contributed by atoms with E-state index < -0.39 is 18.3 Å². The van der Waals surface area contributed by atoms with E-state index in [1.54, 1.807) is 12.1 Å². The van der Waals surface area contributed by atoms with Crippen LogP contribution in [-0.4, -0.2) is 14.5 Å². The quantitative estimate of drug-likeness (QED) is 0.430. The predicted octanol–water partition coefficient (Wildman–Crippen LogP) is 5.67. The van der Waals surface area contributed by atoms with E-state index in [0.717, 1.165) is 16.8 Å². The fourth-order valence-electron chi connectivity index (χ4n) is 3.04. The highest BCUT2D eigenvalue weighted by molar-refractivity contribution is 6.08. The number of hydrogen-bond donors (Lipinski definition) is 0. The van der Waals surface area contributed by atoms with Crippen LogP contribution >= 0.6 is 0 Å². The van der Waals surface area contributed by atoms with Crippen LogP contribution in [0.3, 0.4) is 0 Å². The van der Waals surface area contributed by atoms with Crippen molar-refractivity contribution in [1.29, 1.82) is 0 Å². The number of fused-ring (bicyclic) bond motifs is 3. The zero-order valence-electron chi connectivity index (χ0n) is 13.0. The molecule has 0 N–H and O–H groups in total. The molecular weight excluding hydrogens is 353 g/mol. The van der Waals surface area contributed by atoms with Gasteiger partial charge in [-0.25, -0.2) is 0 Å². The van der Waals surface area contributed by atoms with Crippen LogP contribution in [0.2, 0.25) is 0 Å². The molecule has 4 rings (SSSR count). The second-order valence-electron chi connectivity index (χ2n) is 5.73. The Labute approximate surface area is 143 Å². The Kier molecular flexibility index (Phi) is 3.64. The summed E-state index contributed by atoms with van der Waals surface area (Å²) < 4.78 is 66.7. The summed E-state index contributed by atoms with van der Waals surface area (Å²) >= 11 is 0. The number of alkyl halides is 5. The molecule has 8 heteroatoms. The molecule has 132 valence electrons. The molecule has 26 heavy (non-hydrogen) atoms. The topological polar surface area (TPSA) is 30.7 Å². The lowest BCUT2D eigenvalue weighted by Crippen LogP contribution is -2.05. The van der Waals surface area contributed by atoms with Gasteiger partial charge < -0.3 is 0 Å². The van der Waals surface area contributed by atoms with Gasteiger partial charge in [-0.2, -0.15) is 22.0 Å². The van der Waals surface area contributed by atoms with Gasteiger partial charge in [-0.05, 0) is 23.8 Å². The minimum Gasteiger partial charge on any atom is -0.284 e. The highest BCUT2D eigenvalue weighted by Crippen LogP contribution is 2.36. The SMILES string of the molecule is FC(F)n1c2ccncc2c2ccc(-c3cncc(C(F)(F)F)c3)cc21. The van der Waals surface area contributed by atoms with Gasteiger partial charge in [0, 0.05) is 41.1 Å². The van der Waals surface area contributed by atoms with Gasteiger partial charge in [0.2, 0.25) is 0 Å². The largest absolute Gasteiger partial charge is 0.417 e. The number of nitrogens with zero attached hydrogens (tertiary/aromatic N) is 3.